The van der Waals surface area contributed by atoms with Gasteiger partial charge < -0.3 is 15.0 Å². The molecule has 8 nitrogen and oxygen atoms in total. The van der Waals surface area contributed by atoms with E-state index in [0.717, 1.165) is 4.57 Å². The summed E-state index contributed by atoms with van der Waals surface area (Å²) in [4.78, 5) is 54.2. The van der Waals surface area contributed by atoms with E-state index in [4.69, 9.17) is 0 Å². The summed E-state index contributed by atoms with van der Waals surface area (Å²) < 4.78 is 0.946. The molecule has 2 heterocycles. The number of nitrogens with zero attached hydrogens (tertiary/aromatic N) is 2. The lowest BCUT2D eigenvalue weighted by Crippen LogP contribution is -2.49. The number of nitrogens with one attached hydrogen (secondary N) is 1. The first-order chi connectivity index (χ1) is 12.8. The average Bonchev–Trinajstić information content (AvgIpc) is 3.10. The highest BCUT2D eigenvalue weighted by molar-refractivity contribution is 5.87. The van der Waals surface area contributed by atoms with Crippen molar-refractivity contribution in [2.45, 2.75) is 45.2 Å². The number of hydrogen-bond acceptors (Lipinski definition) is 4. The molecule has 27 heavy (non-hydrogen) atoms. The maximum absolute atomic E-state index is 13.2. The third-order valence-electron chi connectivity index (χ3n) is 4.95. The molecule has 1 fully saturated rings. The lowest BCUT2D eigenvalue weighted by Gasteiger charge is -2.28. The highest BCUT2D eigenvalue weighted by Gasteiger charge is 2.38. The fourth-order valence-corrected chi connectivity index (χ4v) is 3.70. The van der Waals surface area contributed by atoms with Gasteiger partial charge in [0.15, 0.2) is 0 Å². The van der Waals surface area contributed by atoms with Gasteiger partial charge in [-0.3, -0.25) is 9.59 Å². The zero-order valence-electron chi connectivity index (χ0n) is 15.3. The topological polar surface area (TPSA) is 112 Å². The minimum absolute atomic E-state index is 0.0302. The summed E-state index contributed by atoms with van der Waals surface area (Å²) in [5.41, 5.74) is -0.799. The van der Waals surface area contributed by atoms with E-state index in [-0.39, 0.29) is 12.3 Å². The Morgan fingerprint density at radius 3 is 2.63 bits per heavy atom. The summed E-state index contributed by atoms with van der Waals surface area (Å²) in [6.45, 7) is 4.09. The number of carboxylic acids is 1. The molecule has 1 aliphatic rings. The number of fused-ring (bicyclic) bond motifs is 1. The molecular formula is C19H23N3O5. The van der Waals surface area contributed by atoms with Crippen LogP contribution >= 0.6 is 0 Å². The number of rotatable bonds is 5. The van der Waals surface area contributed by atoms with Gasteiger partial charge in [0.2, 0.25) is 5.91 Å². The van der Waals surface area contributed by atoms with Gasteiger partial charge in [0, 0.05) is 6.54 Å². The Bertz CT molecular complexity index is 991. The van der Waals surface area contributed by atoms with Gasteiger partial charge in [-0.15, -0.1) is 0 Å². The lowest BCUT2D eigenvalue weighted by molar-refractivity contribution is -0.149. The van der Waals surface area contributed by atoms with Gasteiger partial charge in [-0.1, -0.05) is 26.0 Å². The fourth-order valence-electron chi connectivity index (χ4n) is 3.70. The molecule has 1 aromatic carbocycles. The van der Waals surface area contributed by atoms with E-state index < -0.39 is 35.2 Å². The van der Waals surface area contributed by atoms with Crippen LogP contribution in [0.4, 0.5) is 0 Å². The van der Waals surface area contributed by atoms with Gasteiger partial charge in [0.25, 0.3) is 5.56 Å². The SMILES string of the molecule is CC(C)CC(C(=O)N1CCCC1C(=O)O)n1c(=O)[nH]c2ccccc2c1=O. The Balaban J connectivity index is 2.12. The lowest BCUT2D eigenvalue weighted by atomic mass is 10.0. The number of hydrogen-bond donors (Lipinski definition) is 2. The minimum Gasteiger partial charge on any atom is -0.480 e. The van der Waals surface area contributed by atoms with Crippen LogP contribution in [0.2, 0.25) is 0 Å². The van der Waals surface area contributed by atoms with Crippen LogP contribution in [0, 0.1) is 5.92 Å². The van der Waals surface area contributed by atoms with Gasteiger partial charge in [-0.2, -0.15) is 0 Å². The molecule has 0 saturated carbocycles. The predicted octanol–water partition coefficient (Wildman–Crippen LogP) is 1.35. The van der Waals surface area contributed by atoms with Crippen LogP contribution in [0.25, 0.3) is 10.9 Å². The van der Waals surface area contributed by atoms with Crippen LogP contribution in [0.3, 0.4) is 0 Å². The van der Waals surface area contributed by atoms with Crippen LogP contribution in [-0.2, 0) is 9.59 Å². The van der Waals surface area contributed by atoms with Gasteiger partial charge in [0.1, 0.15) is 12.1 Å². The summed E-state index contributed by atoms with van der Waals surface area (Å²) in [6, 6.07) is 4.67. The normalized spacial score (nSPS) is 18.2. The van der Waals surface area contributed by atoms with Gasteiger partial charge >= 0.3 is 11.7 Å². The molecule has 2 aromatic rings. The van der Waals surface area contributed by atoms with Crippen molar-refractivity contribution in [3.05, 3.63) is 45.1 Å². The summed E-state index contributed by atoms with van der Waals surface area (Å²) in [7, 11) is 0. The Morgan fingerprint density at radius 1 is 1.26 bits per heavy atom. The number of carbonyl (C=O) groups is 2. The smallest absolute Gasteiger partial charge is 0.329 e. The standard InChI is InChI=1S/C19H23N3O5/c1-11(2)10-15(17(24)21-9-5-8-14(21)18(25)26)22-16(23)12-6-3-4-7-13(12)20-19(22)27/h3-4,6-7,11,14-15H,5,8-10H2,1-2H3,(H,20,27)(H,25,26). The van der Waals surface area contributed by atoms with Crippen LogP contribution in [0.1, 0.15) is 39.2 Å². The van der Waals surface area contributed by atoms with Crippen molar-refractivity contribution in [2.24, 2.45) is 5.92 Å². The highest BCUT2D eigenvalue weighted by atomic mass is 16.4. The number of H-pyrrole nitrogens is 1. The monoisotopic (exact) mass is 373 g/mol. The Kier molecular flexibility index (Phi) is 5.16. The van der Waals surface area contributed by atoms with E-state index in [1.165, 1.54) is 4.90 Å². The molecule has 2 unspecified atom stereocenters. The van der Waals surface area contributed by atoms with Crippen molar-refractivity contribution in [1.82, 2.24) is 14.5 Å². The molecule has 0 spiro atoms. The number of carboxylic acid groups (broad SMARTS) is 1. The van der Waals surface area contributed by atoms with Crippen molar-refractivity contribution in [3.8, 4) is 0 Å². The summed E-state index contributed by atoms with van der Waals surface area (Å²) in [6.07, 6.45) is 1.22. The molecular weight excluding hydrogens is 350 g/mol. The Hall–Kier alpha value is -2.90. The minimum atomic E-state index is -1.07. The average molecular weight is 373 g/mol. The van der Waals surface area contributed by atoms with Crippen molar-refractivity contribution in [1.29, 1.82) is 0 Å². The van der Waals surface area contributed by atoms with Gasteiger partial charge in [0.05, 0.1) is 10.9 Å². The van der Waals surface area contributed by atoms with Gasteiger partial charge in [-0.05, 0) is 37.3 Å². The van der Waals surface area contributed by atoms with Gasteiger partial charge in [-0.25, -0.2) is 14.2 Å². The molecule has 3 rings (SSSR count). The molecule has 1 aliphatic heterocycles. The maximum Gasteiger partial charge on any atom is 0.329 e. The zero-order chi connectivity index (χ0) is 19.7. The molecule has 1 amide bonds. The summed E-state index contributed by atoms with van der Waals surface area (Å²) >= 11 is 0. The van der Waals surface area contributed by atoms with E-state index in [2.05, 4.69) is 4.98 Å². The maximum atomic E-state index is 13.2. The highest BCUT2D eigenvalue weighted by Crippen LogP contribution is 2.25. The first-order valence-corrected chi connectivity index (χ1v) is 9.08. The molecule has 2 atom stereocenters. The number of aromatic amines is 1. The van der Waals surface area contributed by atoms with E-state index in [1.807, 2.05) is 13.8 Å². The number of para-hydroxylation sites is 1. The Labute approximate surface area is 155 Å². The predicted molar refractivity (Wildman–Crippen MR) is 99.7 cm³/mol. The quantitative estimate of drug-likeness (QED) is 0.822. The number of aromatic nitrogens is 2. The number of likely N-dealkylation sites (tertiary alicyclic amines) is 1. The van der Waals surface area contributed by atoms with E-state index in [0.29, 0.717) is 30.3 Å². The van der Waals surface area contributed by atoms with Crippen LogP contribution < -0.4 is 11.2 Å². The molecule has 0 bridgehead atoms. The molecule has 8 heteroatoms. The second kappa shape index (κ2) is 7.38. The molecule has 0 radical (unpaired) electrons. The summed E-state index contributed by atoms with van der Waals surface area (Å²) in [5, 5.41) is 9.70. The number of carbonyl (C=O) groups excluding carboxylic acids is 1. The van der Waals surface area contributed by atoms with Crippen LogP contribution in [0.5, 0.6) is 0 Å². The van der Waals surface area contributed by atoms with Crippen molar-refractivity contribution >= 4 is 22.8 Å². The molecule has 144 valence electrons. The fraction of sp³-hybridized carbons (Fsp3) is 0.474. The van der Waals surface area contributed by atoms with E-state index in [1.54, 1.807) is 24.3 Å². The largest absolute Gasteiger partial charge is 0.480 e. The molecule has 1 aromatic heterocycles. The van der Waals surface area contributed by atoms with Crippen molar-refractivity contribution in [2.75, 3.05) is 6.54 Å². The van der Waals surface area contributed by atoms with Crippen molar-refractivity contribution < 1.29 is 14.7 Å². The van der Waals surface area contributed by atoms with E-state index in [9.17, 15) is 24.3 Å². The Morgan fingerprint density at radius 2 is 1.96 bits per heavy atom. The van der Waals surface area contributed by atoms with E-state index >= 15 is 0 Å². The van der Waals surface area contributed by atoms with Crippen LogP contribution in [-0.4, -0.2) is 44.0 Å². The first kappa shape index (κ1) is 18.9. The number of aliphatic carboxylic acids is 1. The number of benzene rings is 1. The first-order valence-electron chi connectivity index (χ1n) is 9.08. The van der Waals surface area contributed by atoms with Crippen molar-refractivity contribution in [3.63, 3.8) is 0 Å². The van der Waals surface area contributed by atoms with Crippen LogP contribution in [0.15, 0.2) is 33.9 Å². The second-order valence-corrected chi connectivity index (χ2v) is 7.32. The summed E-state index contributed by atoms with van der Waals surface area (Å²) in [5.74, 6) is -1.53. The molecule has 0 aliphatic carbocycles. The third-order valence-corrected chi connectivity index (χ3v) is 4.95. The molecule has 2 N–H and O–H groups in total. The zero-order valence-corrected chi connectivity index (χ0v) is 15.3. The molecule has 1 saturated heterocycles. The second-order valence-electron chi connectivity index (χ2n) is 7.32. The number of amides is 1. The third kappa shape index (κ3) is 3.51.